The topological polar surface area (TPSA) is 179 Å². The van der Waals surface area contributed by atoms with Crippen LogP contribution < -0.4 is 15.8 Å². The molecule has 1 amide bonds. The van der Waals surface area contributed by atoms with E-state index in [1.165, 1.54) is 6.92 Å². The van der Waals surface area contributed by atoms with Crippen LogP contribution in [0, 0.1) is 6.92 Å². The minimum absolute atomic E-state index is 0.228. The molecule has 1 aliphatic heterocycles. The molecule has 43 heavy (non-hydrogen) atoms. The maximum Gasteiger partial charge on any atom is 0.303 e. The zero-order valence-corrected chi connectivity index (χ0v) is 24.8. The van der Waals surface area contributed by atoms with Gasteiger partial charge in [0.15, 0.2) is 12.2 Å². The predicted molar refractivity (Wildman–Crippen MR) is 151 cm³/mol. The van der Waals surface area contributed by atoms with Gasteiger partial charge >= 0.3 is 23.9 Å². The van der Waals surface area contributed by atoms with Crippen molar-refractivity contribution in [3.8, 4) is 16.9 Å². The van der Waals surface area contributed by atoms with Gasteiger partial charge in [-0.05, 0) is 47.9 Å². The summed E-state index contributed by atoms with van der Waals surface area (Å²) < 4.78 is 34.2. The summed E-state index contributed by atoms with van der Waals surface area (Å²) in [4.78, 5) is 60.4. The standard InChI is InChI=1S/C30H36N2O11/c1-16-12-22(21-8-7-9-23(13-21)28(37)32-6)10-11-24(16)41-29-30(15-31,43-20(5)36)27(40-19(4)35)26(39-18(3)34)25(42-29)14-38-17(2)33/h7-13,25-27,29H,14-15,31H2,1-6H3,(H,32,37)/t25-,26-,27+,29+,30+/m1/s1. The monoisotopic (exact) mass is 600 g/mol. The van der Waals surface area contributed by atoms with Crippen LogP contribution in [0.2, 0.25) is 0 Å². The first kappa shape index (κ1) is 33.0. The lowest BCUT2D eigenvalue weighted by atomic mass is 9.85. The Labute approximate surface area is 248 Å². The number of esters is 4. The first-order chi connectivity index (χ1) is 20.3. The van der Waals surface area contributed by atoms with Crippen molar-refractivity contribution in [1.29, 1.82) is 0 Å². The molecule has 0 saturated carbocycles. The van der Waals surface area contributed by atoms with Gasteiger partial charge in [-0.25, -0.2) is 0 Å². The third-order valence-electron chi connectivity index (χ3n) is 6.64. The molecule has 3 N–H and O–H groups in total. The van der Waals surface area contributed by atoms with Crippen LogP contribution in [0.4, 0.5) is 0 Å². The summed E-state index contributed by atoms with van der Waals surface area (Å²) in [6, 6.07) is 12.3. The summed E-state index contributed by atoms with van der Waals surface area (Å²) in [6.07, 6.45) is -5.61. The van der Waals surface area contributed by atoms with Crippen molar-refractivity contribution in [3.63, 3.8) is 0 Å². The summed E-state index contributed by atoms with van der Waals surface area (Å²) in [5.74, 6) is -2.94. The molecule has 0 spiro atoms. The Morgan fingerprint density at radius 3 is 2.14 bits per heavy atom. The van der Waals surface area contributed by atoms with E-state index in [-0.39, 0.29) is 5.91 Å². The van der Waals surface area contributed by atoms with Crippen LogP contribution in [0.15, 0.2) is 42.5 Å². The molecular weight excluding hydrogens is 564 g/mol. The first-order valence-corrected chi connectivity index (χ1v) is 13.4. The molecule has 3 rings (SSSR count). The fourth-order valence-corrected chi connectivity index (χ4v) is 4.78. The van der Waals surface area contributed by atoms with Crippen molar-refractivity contribution in [1.82, 2.24) is 5.32 Å². The maximum atomic E-state index is 12.4. The van der Waals surface area contributed by atoms with Gasteiger partial charge in [0.1, 0.15) is 18.5 Å². The van der Waals surface area contributed by atoms with E-state index in [9.17, 15) is 24.0 Å². The average Bonchev–Trinajstić information content (AvgIpc) is 2.94. The molecule has 2 aromatic rings. The molecule has 1 saturated heterocycles. The van der Waals surface area contributed by atoms with E-state index < -0.39 is 67.2 Å². The normalized spacial score (nSPS) is 23.0. The zero-order chi connectivity index (χ0) is 31.9. The van der Waals surface area contributed by atoms with Crippen molar-refractivity contribution in [2.24, 2.45) is 5.73 Å². The van der Waals surface area contributed by atoms with Gasteiger partial charge in [-0.2, -0.15) is 0 Å². The van der Waals surface area contributed by atoms with Crippen LogP contribution in [0.25, 0.3) is 11.1 Å². The van der Waals surface area contributed by atoms with E-state index in [1.54, 1.807) is 44.3 Å². The Morgan fingerprint density at radius 2 is 1.58 bits per heavy atom. The van der Waals surface area contributed by atoms with Gasteiger partial charge in [-0.3, -0.25) is 24.0 Å². The van der Waals surface area contributed by atoms with Crippen molar-refractivity contribution in [3.05, 3.63) is 53.6 Å². The van der Waals surface area contributed by atoms with E-state index >= 15 is 0 Å². The molecule has 13 nitrogen and oxygen atoms in total. The second-order valence-corrected chi connectivity index (χ2v) is 9.92. The third kappa shape index (κ3) is 7.87. The zero-order valence-electron chi connectivity index (χ0n) is 24.8. The van der Waals surface area contributed by atoms with Crippen molar-refractivity contribution < 1.29 is 52.4 Å². The second kappa shape index (κ2) is 14.1. The lowest BCUT2D eigenvalue weighted by molar-refractivity contribution is -0.323. The fraction of sp³-hybridized carbons (Fsp3) is 0.433. The smallest absolute Gasteiger partial charge is 0.303 e. The number of carbonyl (C=O) groups excluding carboxylic acids is 5. The second-order valence-electron chi connectivity index (χ2n) is 9.92. The minimum Gasteiger partial charge on any atom is -0.463 e. The number of benzene rings is 2. The van der Waals surface area contributed by atoms with Crippen LogP contribution >= 0.6 is 0 Å². The van der Waals surface area contributed by atoms with E-state index in [1.807, 2.05) is 12.1 Å². The summed E-state index contributed by atoms with van der Waals surface area (Å²) in [7, 11) is 1.55. The number of nitrogens with two attached hydrogens (primary N) is 1. The predicted octanol–water partition coefficient (Wildman–Crippen LogP) is 1.81. The van der Waals surface area contributed by atoms with E-state index in [2.05, 4.69) is 5.32 Å². The Morgan fingerprint density at radius 1 is 0.907 bits per heavy atom. The Bertz CT molecular complexity index is 1380. The largest absolute Gasteiger partial charge is 0.463 e. The van der Waals surface area contributed by atoms with Crippen molar-refractivity contribution in [2.45, 2.75) is 64.8 Å². The highest BCUT2D eigenvalue weighted by Gasteiger charge is 2.63. The maximum absolute atomic E-state index is 12.4. The molecule has 1 fully saturated rings. The van der Waals surface area contributed by atoms with Gasteiger partial charge < -0.3 is 39.5 Å². The minimum atomic E-state index is -1.99. The number of amides is 1. The number of nitrogens with one attached hydrogen (secondary N) is 1. The number of hydrogen-bond donors (Lipinski definition) is 2. The molecule has 2 aromatic carbocycles. The quantitative estimate of drug-likeness (QED) is 0.299. The number of rotatable bonds is 10. The molecule has 0 aliphatic carbocycles. The lowest BCUT2D eigenvalue weighted by Crippen LogP contribution is -2.73. The van der Waals surface area contributed by atoms with Gasteiger partial charge in [0.2, 0.25) is 11.9 Å². The fourth-order valence-electron chi connectivity index (χ4n) is 4.78. The van der Waals surface area contributed by atoms with Gasteiger partial charge in [0.25, 0.3) is 5.91 Å². The molecule has 1 heterocycles. The number of ether oxygens (including phenoxy) is 6. The van der Waals surface area contributed by atoms with E-state index in [4.69, 9.17) is 34.2 Å². The molecule has 0 radical (unpaired) electrons. The molecule has 0 bridgehead atoms. The van der Waals surface area contributed by atoms with E-state index in [0.29, 0.717) is 16.9 Å². The summed E-state index contributed by atoms with van der Waals surface area (Å²) in [6.45, 7) is 5.43. The summed E-state index contributed by atoms with van der Waals surface area (Å²) >= 11 is 0. The van der Waals surface area contributed by atoms with Crippen molar-refractivity contribution in [2.75, 3.05) is 20.2 Å². The van der Waals surface area contributed by atoms with Gasteiger partial charge in [-0.1, -0.05) is 18.2 Å². The number of aryl methyl sites for hydroxylation is 1. The summed E-state index contributed by atoms with van der Waals surface area (Å²) in [5.41, 5.74) is 6.85. The van der Waals surface area contributed by atoms with Gasteiger partial charge in [0, 0.05) is 46.9 Å². The third-order valence-corrected chi connectivity index (χ3v) is 6.64. The summed E-state index contributed by atoms with van der Waals surface area (Å²) in [5, 5.41) is 2.59. The Balaban J connectivity index is 2.08. The van der Waals surface area contributed by atoms with Gasteiger partial charge in [-0.15, -0.1) is 0 Å². The molecule has 0 aromatic heterocycles. The average molecular weight is 601 g/mol. The highest BCUT2D eigenvalue weighted by Crippen LogP contribution is 2.39. The SMILES string of the molecule is CNC(=O)c1cccc(-c2ccc(O[C@H]3O[C@H](COC(C)=O)[C@@H](OC(C)=O)[C@H](OC(C)=O)[C@]3(CN)OC(C)=O)c(C)c2)c1. The van der Waals surface area contributed by atoms with Crippen molar-refractivity contribution >= 4 is 29.8 Å². The molecule has 1 aliphatic rings. The van der Waals surface area contributed by atoms with Crippen LogP contribution in [-0.4, -0.2) is 80.2 Å². The Kier molecular flexibility index (Phi) is 10.8. The molecule has 0 unspecified atom stereocenters. The number of hydrogen-bond acceptors (Lipinski definition) is 12. The molecule has 13 heteroatoms. The highest BCUT2D eigenvalue weighted by molar-refractivity contribution is 5.95. The Hall–Kier alpha value is -4.49. The highest BCUT2D eigenvalue weighted by atomic mass is 16.7. The van der Waals surface area contributed by atoms with Crippen LogP contribution in [0.1, 0.15) is 43.6 Å². The van der Waals surface area contributed by atoms with Crippen LogP contribution in [0.3, 0.4) is 0 Å². The lowest BCUT2D eigenvalue weighted by Gasteiger charge is -2.50. The van der Waals surface area contributed by atoms with Crippen LogP contribution in [-0.2, 0) is 42.9 Å². The first-order valence-electron chi connectivity index (χ1n) is 13.4. The van der Waals surface area contributed by atoms with Gasteiger partial charge in [0.05, 0.1) is 0 Å². The molecular formula is C30H36N2O11. The van der Waals surface area contributed by atoms with Crippen LogP contribution in [0.5, 0.6) is 5.75 Å². The molecule has 232 valence electrons. The number of carbonyl (C=O) groups is 5. The van der Waals surface area contributed by atoms with E-state index in [0.717, 1.165) is 31.9 Å². The molecule has 5 atom stereocenters.